The van der Waals surface area contributed by atoms with Gasteiger partial charge >= 0.3 is 0 Å². The molecule has 9 aliphatic rings. The fraction of sp³-hybridized carbons (Fsp3) is 1.00. The van der Waals surface area contributed by atoms with E-state index < -0.39 is 0 Å². The van der Waals surface area contributed by atoms with Crippen molar-refractivity contribution in [2.45, 2.75) is 209 Å². The first-order valence-corrected chi connectivity index (χ1v) is 24.4. The van der Waals surface area contributed by atoms with Gasteiger partial charge in [-0.05, 0) is 131 Å². The molecule has 0 aromatic heterocycles. The van der Waals surface area contributed by atoms with Gasteiger partial charge in [-0.3, -0.25) is 42.5 Å². The Hall–Kier alpha value is -0.0300. The van der Waals surface area contributed by atoms with E-state index >= 15 is 0 Å². The van der Waals surface area contributed by atoms with Crippen molar-refractivity contribution in [3.63, 3.8) is 0 Å². The SMILES string of the molecule is CC(C)(C)C1C2C3NC4NC(NC5NC(NC6NC(NC(N3)C2C(C(C)(C)C)C(C(C)(C)C)C1C(C)(C)C)C1CCCCC61)C1CCCCC51)C1CCCCC41.Cl. The molecule has 9 heteroatoms. The maximum atomic E-state index is 4.56. The Morgan fingerprint density at radius 3 is 0.632 bits per heavy atom. The zero-order valence-electron chi connectivity index (χ0n) is 38.4. The Morgan fingerprint density at radius 1 is 0.263 bits per heavy atom. The smallest absolute Gasteiger partial charge is 0.0631 e. The van der Waals surface area contributed by atoms with Crippen molar-refractivity contribution >= 4 is 12.4 Å². The lowest BCUT2D eigenvalue weighted by Crippen LogP contribution is -2.64. The maximum Gasteiger partial charge on any atom is 0.0631 e. The van der Waals surface area contributed by atoms with Crippen LogP contribution in [0.15, 0.2) is 0 Å². The third-order valence-electron chi connectivity index (χ3n) is 18.3. The van der Waals surface area contributed by atoms with Crippen LogP contribution in [-0.4, -0.2) is 49.3 Å². The Morgan fingerprint density at radius 2 is 0.439 bits per heavy atom. The molecule has 20 unspecified atom stereocenters. The number of hydrogen-bond donors (Lipinski definition) is 8. The predicted molar refractivity (Wildman–Crippen MR) is 238 cm³/mol. The van der Waals surface area contributed by atoms with Crippen LogP contribution in [0, 0.1) is 92.7 Å². The summed E-state index contributed by atoms with van der Waals surface area (Å²) in [5.41, 5.74) is 0.712. The van der Waals surface area contributed by atoms with Gasteiger partial charge in [-0.1, -0.05) is 122 Å². The summed E-state index contributed by atoms with van der Waals surface area (Å²) in [4.78, 5) is 0. The van der Waals surface area contributed by atoms with Crippen LogP contribution in [-0.2, 0) is 0 Å². The quantitative estimate of drug-likeness (QED) is 0.124. The standard InChI is InChI=1S/C48H88N8.ClH/c1-45(2,3)33-31-32(34(46(4,5)6)36(48(10,11)12)35(33)47(7,8)9)44-55-42-30-24-18-16-22-28(30)40(53-42)51-38-26-20-14-13-19-25(26)37(49-38)50-39-27-21-15-17-23-29(27)41(52-39)54-43(31)56-44;/h25-44,49-56H,13-24H2,1-12H3;1H. The first-order valence-electron chi connectivity index (χ1n) is 24.4. The van der Waals surface area contributed by atoms with Gasteiger partial charge in [-0.25, -0.2) is 0 Å². The Balaban J connectivity index is 0.00000455. The van der Waals surface area contributed by atoms with Crippen LogP contribution in [0.25, 0.3) is 0 Å². The lowest BCUT2D eigenvalue weighted by atomic mass is 9.40. The molecule has 0 aromatic rings. The Bertz CT molecular complexity index is 1290. The summed E-state index contributed by atoms with van der Waals surface area (Å²) in [6, 6.07) is 0. The van der Waals surface area contributed by atoms with Crippen molar-refractivity contribution in [2.24, 2.45) is 92.7 Å². The van der Waals surface area contributed by atoms with Crippen LogP contribution in [0.2, 0.25) is 0 Å². The van der Waals surface area contributed by atoms with Crippen LogP contribution in [0.1, 0.15) is 160 Å². The first kappa shape index (κ1) is 43.6. The van der Waals surface area contributed by atoms with E-state index in [1.165, 1.54) is 77.0 Å². The largest absolute Gasteiger partial charge is 0.286 e. The molecule has 20 atom stereocenters. The molecule has 5 aliphatic heterocycles. The average molecular weight is 814 g/mol. The van der Waals surface area contributed by atoms with Gasteiger partial charge in [0, 0.05) is 0 Å². The van der Waals surface area contributed by atoms with Gasteiger partial charge in [0.1, 0.15) is 0 Å². The first-order chi connectivity index (χ1) is 26.3. The Kier molecular flexibility index (Phi) is 12.0. The second-order valence-electron chi connectivity index (χ2n) is 25.7. The highest BCUT2D eigenvalue weighted by molar-refractivity contribution is 5.85. The molecule has 9 fully saturated rings. The molecule has 4 saturated carbocycles. The minimum Gasteiger partial charge on any atom is -0.286 e. The van der Waals surface area contributed by atoms with Gasteiger partial charge in [-0.2, -0.15) is 0 Å². The summed E-state index contributed by atoms with van der Waals surface area (Å²) < 4.78 is 0. The number of halogens is 1. The van der Waals surface area contributed by atoms with Gasteiger partial charge in [-0.15, -0.1) is 12.4 Å². The van der Waals surface area contributed by atoms with Crippen molar-refractivity contribution < 1.29 is 0 Å². The maximum absolute atomic E-state index is 4.56. The van der Waals surface area contributed by atoms with E-state index in [9.17, 15) is 0 Å². The number of rotatable bonds is 0. The second-order valence-corrected chi connectivity index (χ2v) is 25.7. The molecule has 5 saturated heterocycles. The van der Waals surface area contributed by atoms with Gasteiger partial charge in [0.25, 0.3) is 0 Å². The topological polar surface area (TPSA) is 96.2 Å². The highest BCUT2D eigenvalue weighted by Gasteiger charge is 2.67. The number of nitrogens with one attached hydrogen (secondary N) is 8. The van der Waals surface area contributed by atoms with Gasteiger partial charge in [0.05, 0.1) is 49.3 Å². The third kappa shape index (κ3) is 7.76. The summed E-state index contributed by atoms with van der Waals surface area (Å²) in [6.07, 6.45) is 18.9. The summed E-state index contributed by atoms with van der Waals surface area (Å²) in [5.74, 6) is 7.49. The number of hydrogen-bond acceptors (Lipinski definition) is 8. The van der Waals surface area contributed by atoms with Crippen molar-refractivity contribution in [3.8, 4) is 0 Å². The molecule has 0 aromatic carbocycles. The molecule has 57 heavy (non-hydrogen) atoms. The molecule has 8 N–H and O–H groups in total. The highest BCUT2D eigenvalue weighted by Crippen LogP contribution is 2.66. The molecular weight excluding hydrogens is 724 g/mol. The van der Waals surface area contributed by atoms with Gasteiger partial charge in [0.15, 0.2) is 0 Å². The van der Waals surface area contributed by atoms with Crippen molar-refractivity contribution in [1.82, 2.24) is 42.5 Å². The summed E-state index contributed by atoms with van der Waals surface area (Å²) in [6.45, 7) is 31.2. The molecule has 8 bridgehead atoms. The second kappa shape index (κ2) is 15.6. The van der Waals surface area contributed by atoms with Crippen LogP contribution < -0.4 is 42.5 Å². The van der Waals surface area contributed by atoms with Crippen molar-refractivity contribution in [2.75, 3.05) is 0 Å². The molecule has 8 nitrogen and oxygen atoms in total. The normalized spacial score (nSPS) is 50.3. The minimum atomic E-state index is 0. The third-order valence-corrected chi connectivity index (χ3v) is 18.3. The summed E-state index contributed by atoms with van der Waals surface area (Å²) in [5, 5.41) is 35.4. The lowest BCUT2D eigenvalue weighted by Gasteiger charge is -2.64. The molecule has 0 amide bonds. The van der Waals surface area contributed by atoms with E-state index in [1.807, 2.05) is 0 Å². The fourth-order valence-corrected chi connectivity index (χ4v) is 16.6. The van der Waals surface area contributed by atoms with E-state index in [1.54, 1.807) is 0 Å². The average Bonchev–Trinajstić information content (AvgIpc) is 3.84. The summed E-state index contributed by atoms with van der Waals surface area (Å²) >= 11 is 0. The van der Waals surface area contributed by atoms with E-state index in [-0.39, 0.29) is 46.4 Å². The molecule has 0 spiro atoms. The van der Waals surface area contributed by atoms with Gasteiger partial charge < -0.3 is 0 Å². The fourth-order valence-electron chi connectivity index (χ4n) is 16.6. The molecule has 328 valence electrons. The zero-order valence-corrected chi connectivity index (χ0v) is 39.3. The monoisotopic (exact) mass is 813 g/mol. The highest BCUT2D eigenvalue weighted by atomic mass is 35.5. The molecular formula is C48H89ClN8. The molecule has 0 radical (unpaired) electrons. The van der Waals surface area contributed by atoms with Crippen molar-refractivity contribution in [1.29, 1.82) is 0 Å². The van der Waals surface area contributed by atoms with Crippen molar-refractivity contribution in [3.05, 3.63) is 0 Å². The summed E-state index contributed by atoms with van der Waals surface area (Å²) in [7, 11) is 0. The van der Waals surface area contributed by atoms with Gasteiger partial charge in [0.2, 0.25) is 0 Å². The Labute approximate surface area is 355 Å². The van der Waals surface area contributed by atoms with E-state index in [0.717, 1.165) is 0 Å². The van der Waals surface area contributed by atoms with Crippen LogP contribution in [0.4, 0.5) is 0 Å². The van der Waals surface area contributed by atoms with E-state index in [2.05, 4.69) is 126 Å². The zero-order chi connectivity index (χ0) is 39.7. The molecule has 9 rings (SSSR count). The van der Waals surface area contributed by atoms with E-state index in [0.29, 0.717) is 108 Å². The lowest BCUT2D eigenvalue weighted by molar-refractivity contribution is -0.168. The minimum absolute atomic E-state index is 0. The van der Waals surface area contributed by atoms with Crippen LogP contribution >= 0.6 is 12.4 Å². The van der Waals surface area contributed by atoms with Crippen LogP contribution in [0.5, 0.6) is 0 Å². The van der Waals surface area contributed by atoms with Crippen LogP contribution in [0.3, 0.4) is 0 Å². The predicted octanol–water partition coefficient (Wildman–Crippen LogP) is 8.12. The molecule has 4 aliphatic carbocycles. The molecule has 5 heterocycles. The number of fused-ring (bicyclic) bond motifs is 20. The van der Waals surface area contributed by atoms with E-state index in [4.69, 9.17) is 0 Å².